The van der Waals surface area contributed by atoms with Gasteiger partial charge in [-0.25, -0.2) is 13.4 Å². The molecule has 0 saturated heterocycles. The van der Waals surface area contributed by atoms with E-state index in [4.69, 9.17) is 0 Å². The molecule has 1 amide bonds. The predicted octanol–water partition coefficient (Wildman–Crippen LogP) is 4.04. The van der Waals surface area contributed by atoms with E-state index in [0.717, 1.165) is 15.4 Å². The summed E-state index contributed by atoms with van der Waals surface area (Å²) in [6, 6.07) is 14.1. The summed E-state index contributed by atoms with van der Waals surface area (Å²) in [5, 5.41) is 5.12. The van der Waals surface area contributed by atoms with E-state index in [-0.39, 0.29) is 5.91 Å². The first-order valence-electron chi connectivity index (χ1n) is 7.41. The molecule has 0 aliphatic carbocycles. The number of thiazole rings is 1. The lowest BCUT2D eigenvalue weighted by atomic mass is 10.1. The van der Waals surface area contributed by atoms with E-state index >= 15 is 0 Å². The van der Waals surface area contributed by atoms with Gasteiger partial charge in [-0.1, -0.05) is 12.1 Å². The van der Waals surface area contributed by atoms with Gasteiger partial charge < -0.3 is 0 Å². The van der Waals surface area contributed by atoms with Crippen LogP contribution in [0.15, 0.2) is 53.9 Å². The van der Waals surface area contributed by atoms with Crippen LogP contribution in [-0.2, 0) is 10.0 Å². The topological polar surface area (TPSA) is 88.2 Å². The quantitative estimate of drug-likeness (QED) is 0.519. The molecule has 3 rings (SSSR count). The fourth-order valence-electron chi connectivity index (χ4n) is 2.16. The Morgan fingerprint density at radius 3 is 2.35 bits per heavy atom. The number of halogens is 1. The minimum atomic E-state index is -3.30. The second-order valence-corrected chi connectivity index (χ2v) is 9.30. The first kappa shape index (κ1) is 18.8. The third-order valence-corrected chi connectivity index (χ3v) is 5.40. The molecular weight excluding hydrogens is 485 g/mol. The molecular formula is C17H14IN3O3S2. The van der Waals surface area contributed by atoms with Crippen LogP contribution in [0.2, 0.25) is 0 Å². The number of benzene rings is 2. The molecule has 6 nitrogen and oxygen atoms in total. The monoisotopic (exact) mass is 499 g/mol. The molecule has 26 heavy (non-hydrogen) atoms. The number of carbonyl (C=O) groups is 1. The van der Waals surface area contributed by atoms with Crippen molar-refractivity contribution in [2.24, 2.45) is 0 Å². The molecule has 3 aromatic rings. The standard InChI is InChI=1S/C17H14IN3O3S2/c1-26(23,24)21-14-8-4-11(5-9-14)15-10-25-17(19-15)20-16(22)12-2-6-13(18)7-3-12/h2-10,21H,1H3,(H,19,20,22). The highest BCUT2D eigenvalue weighted by molar-refractivity contribution is 14.1. The second kappa shape index (κ2) is 7.72. The normalized spacial score (nSPS) is 11.2. The largest absolute Gasteiger partial charge is 0.298 e. The minimum Gasteiger partial charge on any atom is -0.298 e. The molecule has 0 aliphatic heterocycles. The van der Waals surface area contributed by atoms with Crippen molar-refractivity contribution in [3.05, 3.63) is 63.0 Å². The highest BCUT2D eigenvalue weighted by Gasteiger charge is 2.10. The molecule has 0 saturated carbocycles. The van der Waals surface area contributed by atoms with Crippen LogP contribution < -0.4 is 10.0 Å². The number of hydrogen-bond donors (Lipinski definition) is 2. The summed E-state index contributed by atoms with van der Waals surface area (Å²) >= 11 is 3.51. The van der Waals surface area contributed by atoms with Gasteiger partial charge in [-0.05, 0) is 59.0 Å². The van der Waals surface area contributed by atoms with Gasteiger partial charge in [0.05, 0.1) is 11.9 Å². The number of rotatable bonds is 5. The van der Waals surface area contributed by atoms with Gasteiger partial charge in [0.25, 0.3) is 5.91 Å². The molecule has 0 radical (unpaired) electrons. The second-order valence-electron chi connectivity index (χ2n) is 5.45. The van der Waals surface area contributed by atoms with Crippen molar-refractivity contribution < 1.29 is 13.2 Å². The Balaban J connectivity index is 1.71. The van der Waals surface area contributed by atoms with Gasteiger partial charge >= 0.3 is 0 Å². The summed E-state index contributed by atoms with van der Waals surface area (Å²) in [6.07, 6.45) is 1.10. The zero-order valence-corrected chi connectivity index (χ0v) is 17.4. The van der Waals surface area contributed by atoms with Gasteiger partial charge in [-0.2, -0.15) is 0 Å². The number of nitrogens with zero attached hydrogens (tertiary/aromatic N) is 1. The van der Waals surface area contributed by atoms with Gasteiger partial charge in [0.15, 0.2) is 5.13 Å². The first-order valence-corrected chi connectivity index (χ1v) is 11.3. The number of aromatic nitrogens is 1. The summed E-state index contributed by atoms with van der Waals surface area (Å²) in [7, 11) is -3.30. The lowest BCUT2D eigenvalue weighted by Gasteiger charge is -2.04. The Kier molecular flexibility index (Phi) is 5.58. The van der Waals surface area contributed by atoms with Crippen LogP contribution in [0.3, 0.4) is 0 Å². The lowest BCUT2D eigenvalue weighted by Crippen LogP contribution is -2.11. The van der Waals surface area contributed by atoms with Crippen molar-refractivity contribution in [2.45, 2.75) is 0 Å². The van der Waals surface area contributed by atoms with Crippen LogP contribution >= 0.6 is 33.9 Å². The molecule has 0 bridgehead atoms. The maximum atomic E-state index is 12.2. The average Bonchev–Trinajstić information content (AvgIpc) is 3.03. The highest BCUT2D eigenvalue weighted by Crippen LogP contribution is 2.26. The van der Waals surface area contributed by atoms with E-state index in [0.29, 0.717) is 22.1 Å². The van der Waals surface area contributed by atoms with Crippen LogP contribution in [-0.4, -0.2) is 25.6 Å². The molecule has 9 heteroatoms. The fraction of sp³-hybridized carbons (Fsp3) is 0.0588. The third-order valence-electron chi connectivity index (χ3n) is 3.31. The van der Waals surface area contributed by atoms with Crippen molar-refractivity contribution in [2.75, 3.05) is 16.3 Å². The number of amides is 1. The number of nitrogens with one attached hydrogen (secondary N) is 2. The van der Waals surface area contributed by atoms with E-state index in [9.17, 15) is 13.2 Å². The molecule has 0 unspecified atom stereocenters. The highest BCUT2D eigenvalue weighted by atomic mass is 127. The van der Waals surface area contributed by atoms with Crippen LogP contribution in [0.1, 0.15) is 10.4 Å². The van der Waals surface area contributed by atoms with Gasteiger partial charge in [0.1, 0.15) is 0 Å². The van der Waals surface area contributed by atoms with Crippen molar-refractivity contribution in [3.63, 3.8) is 0 Å². The van der Waals surface area contributed by atoms with Crippen molar-refractivity contribution in [3.8, 4) is 11.3 Å². The predicted molar refractivity (Wildman–Crippen MR) is 113 cm³/mol. The van der Waals surface area contributed by atoms with E-state index in [1.165, 1.54) is 11.3 Å². The zero-order chi connectivity index (χ0) is 18.7. The maximum absolute atomic E-state index is 12.2. The average molecular weight is 499 g/mol. The fourth-order valence-corrected chi connectivity index (χ4v) is 3.80. The molecule has 2 aromatic carbocycles. The summed E-state index contributed by atoms with van der Waals surface area (Å²) in [6.45, 7) is 0. The van der Waals surface area contributed by atoms with Crippen LogP contribution in [0.4, 0.5) is 10.8 Å². The molecule has 134 valence electrons. The number of carbonyl (C=O) groups excluding carboxylic acids is 1. The molecule has 1 aromatic heterocycles. The SMILES string of the molecule is CS(=O)(=O)Nc1ccc(-c2csc(NC(=O)c3ccc(I)cc3)n2)cc1. The number of hydrogen-bond acceptors (Lipinski definition) is 5. The van der Waals surface area contributed by atoms with Crippen LogP contribution in [0, 0.1) is 3.57 Å². The molecule has 0 atom stereocenters. The Labute approximate surface area is 168 Å². The molecule has 0 aliphatic rings. The van der Waals surface area contributed by atoms with Gasteiger partial charge in [-0.3, -0.25) is 14.8 Å². The Hall–Kier alpha value is -1.98. The molecule has 0 fully saturated rings. The third kappa shape index (κ3) is 5.02. The first-order chi connectivity index (χ1) is 12.3. The Morgan fingerprint density at radius 2 is 1.73 bits per heavy atom. The van der Waals surface area contributed by atoms with Crippen molar-refractivity contribution >= 4 is 60.7 Å². The number of anilines is 2. The minimum absolute atomic E-state index is 0.213. The van der Waals surface area contributed by atoms with E-state index in [2.05, 4.69) is 37.6 Å². The van der Waals surface area contributed by atoms with Gasteiger partial charge in [0, 0.05) is 25.8 Å². The Bertz CT molecular complexity index is 1030. The summed E-state index contributed by atoms with van der Waals surface area (Å²) in [5.74, 6) is -0.213. The van der Waals surface area contributed by atoms with Crippen molar-refractivity contribution in [1.29, 1.82) is 0 Å². The lowest BCUT2D eigenvalue weighted by molar-refractivity contribution is 0.102. The Morgan fingerprint density at radius 1 is 1.08 bits per heavy atom. The molecule has 2 N–H and O–H groups in total. The maximum Gasteiger partial charge on any atom is 0.257 e. The summed E-state index contributed by atoms with van der Waals surface area (Å²) in [5.41, 5.74) is 2.59. The smallest absolute Gasteiger partial charge is 0.257 e. The van der Waals surface area contributed by atoms with Crippen LogP contribution in [0.25, 0.3) is 11.3 Å². The van der Waals surface area contributed by atoms with Gasteiger partial charge in [-0.15, -0.1) is 11.3 Å². The van der Waals surface area contributed by atoms with E-state index < -0.39 is 10.0 Å². The zero-order valence-electron chi connectivity index (χ0n) is 13.6. The van der Waals surface area contributed by atoms with E-state index in [1.54, 1.807) is 36.4 Å². The van der Waals surface area contributed by atoms with Crippen molar-refractivity contribution in [1.82, 2.24) is 4.98 Å². The number of sulfonamides is 1. The summed E-state index contributed by atoms with van der Waals surface area (Å²) < 4.78 is 25.9. The van der Waals surface area contributed by atoms with Crippen LogP contribution in [0.5, 0.6) is 0 Å². The van der Waals surface area contributed by atoms with Gasteiger partial charge in [0.2, 0.25) is 10.0 Å². The van der Waals surface area contributed by atoms with E-state index in [1.807, 2.05) is 17.5 Å². The molecule has 1 heterocycles. The summed E-state index contributed by atoms with van der Waals surface area (Å²) in [4.78, 5) is 16.7. The molecule has 0 spiro atoms.